The lowest BCUT2D eigenvalue weighted by Gasteiger charge is -2.03. The van der Waals surface area contributed by atoms with Gasteiger partial charge in [0.15, 0.2) is 0 Å². The molecule has 0 atom stereocenters. The number of aromatic carboxylic acids is 1. The smallest absolute Gasteiger partial charge is 0.335 e. The van der Waals surface area contributed by atoms with E-state index in [2.05, 4.69) is 22.1 Å². The molecule has 94 valence electrons. The Morgan fingerprint density at radius 2 is 1.94 bits per heavy atom. The van der Waals surface area contributed by atoms with Crippen LogP contribution in [0.3, 0.4) is 0 Å². The van der Waals surface area contributed by atoms with Gasteiger partial charge in [-0.15, -0.1) is 0 Å². The van der Waals surface area contributed by atoms with E-state index in [0.717, 1.165) is 18.7 Å². The molecule has 0 spiro atoms. The maximum atomic E-state index is 10.7. The van der Waals surface area contributed by atoms with Crippen molar-refractivity contribution in [1.82, 2.24) is 9.88 Å². The van der Waals surface area contributed by atoms with Crippen molar-refractivity contribution in [1.29, 1.82) is 0 Å². The van der Waals surface area contributed by atoms with Crippen molar-refractivity contribution in [2.45, 2.75) is 13.1 Å². The molecule has 2 N–H and O–H groups in total. The minimum absolute atomic E-state index is 0.321. The van der Waals surface area contributed by atoms with E-state index in [9.17, 15) is 4.79 Å². The number of hydrogen-bond donors (Lipinski definition) is 2. The van der Waals surface area contributed by atoms with Crippen LogP contribution in [0.1, 0.15) is 21.5 Å². The van der Waals surface area contributed by atoms with Gasteiger partial charge in [0.25, 0.3) is 0 Å². The molecule has 0 saturated carbocycles. The summed E-state index contributed by atoms with van der Waals surface area (Å²) in [5, 5.41) is 11.9. The van der Waals surface area contributed by atoms with Crippen molar-refractivity contribution in [2.24, 2.45) is 0 Å². The maximum Gasteiger partial charge on any atom is 0.335 e. The van der Waals surface area contributed by atoms with E-state index in [-0.39, 0.29) is 0 Å². The monoisotopic (exact) mass is 244 g/mol. The summed E-state index contributed by atoms with van der Waals surface area (Å²) in [7, 11) is 1.92. The Labute approximate surface area is 106 Å². The Balaban J connectivity index is 2.06. The molecular formula is C14H16N2O2. The lowest BCUT2D eigenvalue weighted by molar-refractivity contribution is 0.0697. The number of rotatable bonds is 5. The molecule has 0 aliphatic heterocycles. The van der Waals surface area contributed by atoms with Crippen LogP contribution in [0.5, 0.6) is 0 Å². The molecule has 1 aromatic heterocycles. The van der Waals surface area contributed by atoms with Crippen LogP contribution in [0.15, 0.2) is 42.7 Å². The van der Waals surface area contributed by atoms with Gasteiger partial charge in [0.05, 0.1) is 5.56 Å². The standard InChI is InChI=1S/C14H16N2O2/c1-15-8-12-6-7-16(10-12)9-11-2-4-13(5-3-11)14(17)18/h2-7,10,15H,8-9H2,1H3,(H,17,18). The second kappa shape index (κ2) is 5.51. The SMILES string of the molecule is CNCc1ccn(Cc2ccc(C(=O)O)cc2)c1. The average Bonchev–Trinajstić information content (AvgIpc) is 2.78. The summed E-state index contributed by atoms with van der Waals surface area (Å²) in [6, 6.07) is 9.04. The molecule has 0 aliphatic carbocycles. The van der Waals surface area contributed by atoms with Crippen molar-refractivity contribution in [2.75, 3.05) is 7.05 Å². The highest BCUT2D eigenvalue weighted by Crippen LogP contribution is 2.08. The zero-order valence-corrected chi connectivity index (χ0v) is 10.3. The summed E-state index contributed by atoms with van der Waals surface area (Å²) in [5.74, 6) is -0.890. The number of nitrogens with one attached hydrogen (secondary N) is 1. The quantitative estimate of drug-likeness (QED) is 0.845. The first-order valence-electron chi connectivity index (χ1n) is 5.80. The summed E-state index contributed by atoms with van der Waals surface area (Å²) < 4.78 is 2.09. The molecule has 2 rings (SSSR count). The first kappa shape index (κ1) is 12.4. The minimum atomic E-state index is -0.890. The van der Waals surface area contributed by atoms with E-state index in [0.29, 0.717) is 5.56 Å². The van der Waals surface area contributed by atoms with Gasteiger partial charge in [-0.3, -0.25) is 0 Å². The zero-order chi connectivity index (χ0) is 13.0. The molecule has 0 radical (unpaired) electrons. The number of hydrogen-bond acceptors (Lipinski definition) is 2. The molecule has 0 unspecified atom stereocenters. The van der Waals surface area contributed by atoms with Crippen molar-refractivity contribution in [3.63, 3.8) is 0 Å². The fourth-order valence-corrected chi connectivity index (χ4v) is 1.86. The first-order valence-corrected chi connectivity index (χ1v) is 5.80. The Kier molecular flexibility index (Phi) is 3.79. The van der Waals surface area contributed by atoms with Crippen molar-refractivity contribution < 1.29 is 9.90 Å². The summed E-state index contributed by atoms with van der Waals surface area (Å²) in [6.07, 6.45) is 4.11. The Morgan fingerprint density at radius 3 is 2.56 bits per heavy atom. The Hall–Kier alpha value is -2.07. The fourth-order valence-electron chi connectivity index (χ4n) is 1.86. The highest BCUT2D eigenvalue weighted by molar-refractivity contribution is 5.87. The van der Waals surface area contributed by atoms with Crippen LogP contribution in [0, 0.1) is 0 Å². The topological polar surface area (TPSA) is 54.3 Å². The third-order valence-corrected chi connectivity index (χ3v) is 2.76. The molecule has 0 bridgehead atoms. The maximum absolute atomic E-state index is 10.7. The van der Waals surface area contributed by atoms with Crippen LogP contribution in [0.2, 0.25) is 0 Å². The van der Waals surface area contributed by atoms with E-state index in [1.165, 1.54) is 5.56 Å². The number of carboxylic acids is 1. The summed E-state index contributed by atoms with van der Waals surface area (Å²) in [4.78, 5) is 10.7. The molecule has 0 amide bonds. The van der Waals surface area contributed by atoms with Gasteiger partial charge >= 0.3 is 5.97 Å². The molecule has 0 aliphatic rings. The predicted molar refractivity (Wildman–Crippen MR) is 69.7 cm³/mol. The van der Waals surface area contributed by atoms with Gasteiger partial charge in [-0.05, 0) is 36.4 Å². The zero-order valence-electron chi connectivity index (χ0n) is 10.3. The molecule has 1 aromatic carbocycles. The van der Waals surface area contributed by atoms with Crippen molar-refractivity contribution >= 4 is 5.97 Å². The van der Waals surface area contributed by atoms with Gasteiger partial charge < -0.3 is 15.0 Å². The summed E-state index contributed by atoms with van der Waals surface area (Å²) in [6.45, 7) is 1.61. The molecule has 0 fully saturated rings. The van der Waals surface area contributed by atoms with E-state index >= 15 is 0 Å². The lowest BCUT2D eigenvalue weighted by Crippen LogP contribution is -2.04. The van der Waals surface area contributed by atoms with Gasteiger partial charge in [-0.1, -0.05) is 12.1 Å². The van der Waals surface area contributed by atoms with E-state index < -0.39 is 5.97 Å². The average molecular weight is 244 g/mol. The number of benzene rings is 1. The largest absolute Gasteiger partial charge is 0.478 e. The Bertz CT molecular complexity index is 529. The van der Waals surface area contributed by atoms with Crippen LogP contribution in [-0.2, 0) is 13.1 Å². The normalized spacial score (nSPS) is 10.5. The second-order valence-corrected chi connectivity index (χ2v) is 4.22. The molecule has 18 heavy (non-hydrogen) atoms. The van der Waals surface area contributed by atoms with Crippen LogP contribution in [0.4, 0.5) is 0 Å². The first-order chi connectivity index (χ1) is 8.69. The van der Waals surface area contributed by atoms with Crippen molar-refractivity contribution in [3.8, 4) is 0 Å². The fraction of sp³-hybridized carbons (Fsp3) is 0.214. The molecule has 4 nitrogen and oxygen atoms in total. The predicted octanol–water partition coefficient (Wildman–Crippen LogP) is 1.95. The summed E-state index contributed by atoms with van der Waals surface area (Å²) >= 11 is 0. The second-order valence-electron chi connectivity index (χ2n) is 4.22. The van der Waals surface area contributed by atoms with Crippen LogP contribution >= 0.6 is 0 Å². The third kappa shape index (κ3) is 2.99. The Morgan fingerprint density at radius 1 is 1.22 bits per heavy atom. The van der Waals surface area contributed by atoms with E-state index in [4.69, 9.17) is 5.11 Å². The van der Waals surface area contributed by atoms with Crippen LogP contribution < -0.4 is 5.32 Å². The van der Waals surface area contributed by atoms with E-state index in [1.54, 1.807) is 12.1 Å². The molecular weight excluding hydrogens is 228 g/mol. The highest BCUT2D eigenvalue weighted by atomic mass is 16.4. The number of nitrogens with zero attached hydrogens (tertiary/aromatic N) is 1. The van der Waals surface area contributed by atoms with Gasteiger partial charge in [-0.2, -0.15) is 0 Å². The number of aromatic nitrogens is 1. The number of carbonyl (C=O) groups is 1. The van der Waals surface area contributed by atoms with Crippen molar-refractivity contribution in [3.05, 3.63) is 59.4 Å². The lowest BCUT2D eigenvalue weighted by atomic mass is 10.1. The molecule has 1 heterocycles. The van der Waals surface area contributed by atoms with Crippen LogP contribution in [-0.4, -0.2) is 22.7 Å². The minimum Gasteiger partial charge on any atom is -0.478 e. The van der Waals surface area contributed by atoms with Gasteiger partial charge in [0, 0.05) is 25.5 Å². The summed E-state index contributed by atoms with van der Waals surface area (Å²) in [5.41, 5.74) is 2.65. The molecule has 0 saturated heterocycles. The van der Waals surface area contributed by atoms with Gasteiger partial charge in [0.2, 0.25) is 0 Å². The number of carboxylic acid groups (broad SMARTS) is 1. The van der Waals surface area contributed by atoms with Crippen LogP contribution in [0.25, 0.3) is 0 Å². The van der Waals surface area contributed by atoms with Gasteiger partial charge in [-0.25, -0.2) is 4.79 Å². The molecule has 4 heteroatoms. The van der Waals surface area contributed by atoms with Gasteiger partial charge in [0.1, 0.15) is 0 Å². The van der Waals surface area contributed by atoms with E-state index in [1.807, 2.05) is 25.4 Å². The molecule has 2 aromatic rings. The highest BCUT2D eigenvalue weighted by Gasteiger charge is 2.02. The third-order valence-electron chi connectivity index (χ3n) is 2.76.